The van der Waals surface area contributed by atoms with Gasteiger partial charge in [0.2, 0.25) is 0 Å². The molecule has 0 radical (unpaired) electrons. The fourth-order valence-electron chi connectivity index (χ4n) is 2.44. The van der Waals surface area contributed by atoms with E-state index in [4.69, 9.17) is 0 Å². The summed E-state index contributed by atoms with van der Waals surface area (Å²) in [5, 5.41) is 7.81. The largest absolute Gasteiger partial charge is 0.361 e. The van der Waals surface area contributed by atoms with Crippen LogP contribution in [0, 0.1) is 0 Å². The summed E-state index contributed by atoms with van der Waals surface area (Å²) < 4.78 is 11.9. The highest BCUT2D eigenvalue weighted by Crippen LogP contribution is 2.17. The maximum Gasteiger partial charge on any atom is 0.191 e. The third-order valence-electron chi connectivity index (χ3n) is 3.85. The van der Waals surface area contributed by atoms with Crippen molar-refractivity contribution in [2.75, 3.05) is 25.9 Å². The van der Waals surface area contributed by atoms with Crippen LogP contribution in [0.3, 0.4) is 0 Å². The number of rotatable bonds is 6. The van der Waals surface area contributed by atoms with E-state index in [2.05, 4.69) is 45.0 Å². The molecule has 0 aliphatic rings. The van der Waals surface area contributed by atoms with Crippen molar-refractivity contribution in [1.82, 2.24) is 15.6 Å². The Morgan fingerprint density at radius 2 is 1.92 bits per heavy atom. The van der Waals surface area contributed by atoms with E-state index < -0.39 is 10.8 Å². The van der Waals surface area contributed by atoms with E-state index >= 15 is 0 Å². The van der Waals surface area contributed by atoms with Crippen molar-refractivity contribution in [2.45, 2.75) is 31.9 Å². The van der Waals surface area contributed by atoms with Crippen LogP contribution in [-0.2, 0) is 17.2 Å². The number of hydrogen-bond donors (Lipinski definition) is 3. The van der Waals surface area contributed by atoms with Crippen LogP contribution in [0.15, 0.2) is 35.5 Å². The van der Waals surface area contributed by atoms with Crippen LogP contribution in [0.5, 0.6) is 0 Å². The smallest absolute Gasteiger partial charge is 0.191 e. The minimum Gasteiger partial charge on any atom is -0.361 e. The Kier molecular flexibility index (Phi) is 6.43. The summed E-state index contributed by atoms with van der Waals surface area (Å²) in [5.41, 5.74) is 2.46. The van der Waals surface area contributed by atoms with Gasteiger partial charge in [0.1, 0.15) is 0 Å². The Hall–Kier alpha value is -1.82. The normalized spacial score (nSPS) is 13.9. The summed E-state index contributed by atoms with van der Waals surface area (Å²) >= 11 is 0. The molecule has 1 unspecified atom stereocenters. The van der Waals surface area contributed by atoms with Gasteiger partial charge in [-0.1, -0.05) is 18.2 Å². The average Bonchev–Trinajstić information content (AvgIpc) is 2.95. The lowest BCUT2D eigenvalue weighted by Gasteiger charge is -2.18. The van der Waals surface area contributed by atoms with Gasteiger partial charge >= 0.3 is 0 Å². The standard InChI is InChI=1S/C18H28N4OS/c1-18(2,3)24(23)12-11-21-17(19-4)20-10-9-14-13-22-16-8-6-5-7-15(14)16/h5-8,13,22H,9-12H2,1-4H3,(H2,19,20,21). The Morgan fingerprint density at radius 1 is 1.21 bits per heavy atom. The molecule has 3 N–H and O–H groups in total. The molecule has 6 heteroatoms. The number of hydrogen-bond acceptors (Lipinski definition) is 2. The fraction of sp³-hybridized carbons (Fsp3) is 0.500. The Labute approximate surface area is 146 Å². The number of nitrogens with zero attached hydrogens (tertiary/aromatic N) is 1. The molecule has 0 fully saturated rings. The third-order valence-corrected chi connectivity index (χ3v) is 5.79. The summed E-state index contributed by atoms with van der Waals surface area (Å²) in [6, 6.07) is 8.31. The number of aromatic nitrogens is 1. The number of H-pyrrole nitrogens is 1. The van der Waals surface area contributed by atoms with Crippen LogP contribution < -0.4 is 10.6 Å². The second kappa shape index (κ2) is 8.33. The highest BCUT2D eigenvalue weighted by Gasteiger charge is 2.18. The summed E-state index contributed by atoms with van der Waals surface area (Å²) in [4.78, 5) is 7.51. The number of benzene rings is 1. The van der Waals surface area contributed by atoms with Crippen molar-refractivity contribution in [2.24, 2.45) is 4.99 Å². The lowest BCUT2D eigenvalue weighted by Crippen LogP contribution is -2.41. The maximum absolute atomic E-state index is 12.0. The monoisotopic (exact) mass is 348 g/mol. The molecule has 1 aromatic carbocycles. The lowest BCUT2D eigenvalue weighted by atomic mass is 10.1. The number of aliphatic imine (C=N–C) groups is 1. The maximum atomic E-state index is 12.0. The zero-order valence-corrected chi connectivity index (χ0v) is 15.8. The molecule has 5 nitrogen and oxygen atoms in total. The molecule has 132 valence electrons. The minimum absolute atomic E-state index is 0.173. The molecule has 0 saturated heterocycles. The van der Waals surface area contributed by atoms with Crippen LogP contribution in [0.1, 0.15) is 26.3 Å². The molecular weight excluding hydrogens is 320 g/mol. The number of nitrogens with one attached hydrogen (secondary N) is 3. The zero-order chi connectivity index (χ0) is 17.6. The van der Waals surface area contributed by atoms with Crippen molar-refractivity contribution < 1.29 is 4.21 Å². The number of aromatic amines is 1. The van der Waals surface area contributed by atoms with Gasteiger partial charge in [0, 0.05) is 58.5 Å². The summed E-state index contributed by atoms with van der Waals surface area (Å²) in [6.45, 7) is 7.44. The first-order valence-corrected chi connectivity index (χ1v) is 9.61. The van der Waals surface area contributed by atoms with E-state index in [9.17, 15) is 4.21 Å². The van der Waals surface area contributed by atoms with Crippen molar-refractivity contribution in [1.29, 1.82) is 0 Å². The molecule has 24 heavy (non-hydrogen) atoms. The van der Waals surface area contributed by atoms with Crippen LogP contribution in [0.4, 0.5) is 0 Å². The Bertz CT molecular complexity index is 715. The predicted octanol–water partition coefficient (Wildman–Crippen LogP) is 2.42. The molecule has 2 aromatic rings. The molecule has 1 aromatic heterocycles. The summed E-state index contributed by atoms with van der Waals surface area (Å²) in [7, 11) is 0.901. The predicted molar refractivity (Wildman–Crippen MR) is 104 cm³/mol. The Balaban J connectivity index is 1.77. The first kappa shape index (κ1) is 18.5. The van der Waals surface area contributed by atoms with Crippen molar-refractivity contribution >= 4 is 27.7 Å². The second-order valence-electron chi connectivity index (χ2n) is 6.70. The molecule has 0 aliphatic carbocycles. The molecule has 2 rings (SSSR count). The minimum atomic E-state index is -0.851. The van der Waals surface area contributed by atoms with Gasteiger partial charge in [-0.15, -0.1) is 0 Å². The SMILES string of the molecule is CN=C(NCCc1c[nH]c2ccccc12)NCCS(=O)C(C)(C)C. The zero-order valence-electron chi connectivity index (χ0n) is 15.0. The highest BCUT2D eigenvalue weighted by atomic mass is 32.2. The van der Waals surface area contributed by atoms with E-state index in [1.54, 1.807) is 7.05 Å². The van der Waals surface area contributed by atoms with Gasteiger partial charge < -0.3 is 15.6 Å². The molecule has 1 atom stereocenters. The molecule has 0 saturated carbocycles. The van der Waals surface area contributed by atoms with Crippen LogP contribution in [0.25, 0.3) is 10.9 Å². The molecule has 0 aliphatic heterocycles. The van der Waals surface area contributed by atoms with E-state index in [1.807, 2.05) is 26.8 Å². The van der Waals surface area contributed by atoms with Crippen LogP contribution in [0.2, 0.25) is 0 Å². The van der Waals surface area contributed by atoms with Gasteiger partial charge in [-0.2, -0.15) is 0 Å². The van der Waals surface area contributed by atoms with Crippen molar-refractivity contribution in [3.05, 3.63) is 36.0 Å². The number of para-hydroxylation sites is 1. The van der Waals surface area contributed by atoms with Gasteiger partial charge in [0.15, 0.2) is 5.96 Å². The van der Waals surface area contributed by atoms with E-state index in [0.29, 0.717) is 12.3 Å². The van der Waals surface area contributed by atoms with E-state index in [-0.39, 0.29) is 4.75 Å². The third kappa shape index (κ3) is 5.09. The number of guanidine groups is 1. The first-order chi connectivity index (χ1) is 11.4. The molecule has 1 heterocycles. The van der Waals surface area contributed by atoms with Gasteiger partial charge in [0.05, 0.1) is 0 Å². The second-order valence-corrected chi connectivity index (χ2v) is 9.02. The van der Waals surface area contributed by atoms with Crippen molar-refractivity contribution in [3.63, 3.8) is 0 Å². The van der Waals surface area contributed by atoms with Gasteiger partial charge in [-0.05, 0) is 38.8 Å². The molecular formula is C18H28N4OS. The number of fused-ring (bicyclic) bond motifs is 1. The van der Waals surface area contributed by atoms with Crippen molar-refractivity contribution in [3.8, 4) is 0 Å². The lowest BCUT2D eigenvalue weighted by molar-refractivity contribution is 0.647. The van der Waals surface area contributed by atoms with Gasteiger partial charge in [-0.3, -0.25) is 9.20 Å². The topological polar surface area (TPSA) is 69.3 Å². The van der Waals surface area contributed by atoms with E-state index in [0.717, 1.165) is 18.9 Å². The van der Waals surface area contributed by atoms with Crippen LogP contribution in [-0.4, -0.2) is 45.8 Å². The Morgan fingerprint density at radius 3 is 2.62 bits per heavy atom. The van der Waals surface area contributed by atoms with Crippen LogP contribution >= 0.6 is 0 Å². The summed E-state index contributed by atoms with van der Waals surface area (Å²) in [6.07, 6.45) is 2.98. The van der Waals surface area contributed by atoms with Gasteiger partial charge in [-0.25, -0.2) is 0 Å². The molecule has 0 amide bonds. The van der Waals surface area contributed by atoms with Gasteiger partial charge in [0.25, 0.3) is 0 Å². The quantitative estimate of drug-likeness (QED) is 0.555. The first-order valence-electron chi connectivity index (χ1n) is 8.30. The molecule has 0 spiro atoms. The average molecular weight is 349 g/mol. The fourth-order valence-corrected chi connectivity index (χ4v) is 3.34. The van der Waals surface area contributed by atoms with E-state index in [1.165, 1.54) is 16.5 Å². The summed E-state index contributed by atoms with van der Waals surface area (Å²) in [5.74, 6) is 1.37. The molecule has 0 bridgehead atoms. The highest BCUT2D eigenvalue weighted by molar-refractivity contribution is 7.86.